The van der Waals surface area contributed by atoms with Crippen LogP contribution in [0.15, 0.2) is 16.8 Å². The molecule has 1 aliphatic heterocycles. The Morgan fingerprint density at radius 3 is 3.05 bits per heavy atom. The summed E-state index contributed by atoms with van der Waals surface area (Å²) >= 11 is 1.95. The number of nitrogens with zero attached hydrogens (tertiary/aromatic N) is 3. The van der Waals surface area contributed by atoms with Gasteiger partial charge in [0.25, 0.3) is 0 Å². The molecule has 1 aromatic carbocycles. The third-order valence-corrected chi connectivity index (χ3v) is 4.43. The number of fused-ring (bicyclic) bond motifs is 1. The fourth-order valence-electron chi connectivity index (χ4n) is 2.14. The molecule has 8 heteroatoms. The fraction of sp³-hybridized carbons (Fsp3) is 0.455. The summed E-state index contributed by atoms with van der Waals surface area (Å²) in [7, 11) is 0. The van der Waals surface area contributed by atoms with Gasteiger partial charge in [-0.15, -0.1) is 0 Å². The zero-order valence-electron chi connectivity index (χ0n) is 10.0. The number of non-ortho nitro benzene ring substituents is 1. The average Bonchev–Trinajstić information content (AvgIpc) is 3.06. The van der Waals surface area contributed by atoms with E-state index < -0.39 is 4.92 Å². The van der Waals surface area contributed by atoms with Crippen molar-refractivity contribution in [2.24, 2.45) is 5.92 Å². The third-order valence-electron chi connectivity index (χ3n) is 3.20. The van der Waals surface area contributed by atoms with E-state index >= 15 is 0 Å². The van der Waals surface area contributed by atoms with E-state index in [4.69, 9.17) is 0 Å². The number of thioether (sulfide) groups is 1. The summed E-state index contributed by atoms with van der Waals surface area (Å²) in [4.78, 5) is 10.4. The van der Waals surface area contributed by atoms with Crippen molar-refractivity contribution in [1.82, 2.24) is 10.3 Å². The second kappa shape index (κ2) is 5.04. The minimum absolute atomic E-state index is 0.0850. The van der Waals surface area contributed by atoms with Gasteiger partial charge < -0.3 is 5.32 Å². The monoisotopic (exact) mass is 280 g/mol. The molecule has 7 nitrogen and oxygen atoms in total. The molecule has 2 aromatic rings. The molecule has 1 fully saturated rings. The van der Waals surface area contributed by atoms with Gasteiger partial charge in [0.15, 0.2) is 5.52 Å². The molecule has 1 aliphatic rings. The third kappa shape index (κ3) is 2.35. The van der Waals surface area contributed by atoms with Gasteiger partial charge in [0.2, 0.25) is 5.52 Å². The van der Waals surface area contributed by atoms with Crippen molar-refractivity contribution in [3.63, 3.8) is 0 Å². The molecule has 19 heavy (non-hydrogen) atoms. The summed E-state index contributed by atoms with van der Waals surface area (Å²) in [5, 5.41) is 21.5. The Kier molecular flexibility index (Phi) is 3.24. The summed E-state index contributed by atoms with van der Waals surface area (Å²) in [5.74, 6) is 2.99. The fourth-order valence-corrected chi connectivity index (χ4v) is 3.43. The molecule has 0 spiro atoms. The van der Waals surface area contributed by atoms with Gasteiger partial charge >= 0.3 is 5.69 Å². The molecule has 1 atom stereocenters. The summed E-state index contributed by atoms with van der Waals surface area (Å²) in [6.07, 6.45) is 1.20. The van der Waals surface area contributed by atoms with Crippen LogP contribution in [0, 0.1) is 16.0 Å². The molecular weight excluding hydrogens is 268 g/mol. The van der Waals surface area contributed by atoms with Gasteiger partial charge in [-0.05, 0) is 40.2 Å². The lowest BCUT2D eigenvalue weighted by Crippen LogP contribution is -2.13. The first-order valence-corrected chi connectivity index (χ1v) is 7.12. The summed E-state index contributed by atoms with van der Waals surface area (Å²) in [6, 6.07) is 3.09. The Bertz CT molecular complexity index is 609. The van der Waals surface area contributed by atoms with Gasteiger partial charge in [-0.2, -0.15) is 11.8 Å². The molecule has 0 radical (unpaired) electrons. The number of hydrogen-bond donors (Lipinski definition) is 1. The van der Waals surface area contributed by atoms with Crippen molar-refractivity contribution in [1.29, 1.82) is 0 Å². The number of nitrogens with one attached hydrogen (secondary N) is 1. The van der Waals surface area contributed by atoms with E-state index in [0.717, 1.165) is 18.0 Å². The van der Waals surface area contributed by atoms with E-state index in [9.17, 15) is 10.1 Å². The van der Waals surface area contributed by atoms with Crippen molar-refractivity contribution in [2.75, 3.05) is 23.4 Å². The van der Waals surface area contributed by atoms with Crippen LogP contribution in [0.2, 0.25) is 0 Å². The predicted molar refractivity (Wildman–Crippen MR) is 72.4 cm³/mol. The standard InChI is InChI=1S/C11H12N4O3S/c16-15(17)9-2-1-8(10-11(9)14-18-13-10)12-5-7-3-4-19-6-7/h1-2,7,12H,3-6H2. The van der Waals surface area contributed by atoms with E-state index in [1.54, 1.807) is 6.07 Å². The first kappa shape index (κ1) is 12.2. The predicted octanol–water partition coefficient (Wildman–Crippen LogP) is 2.30. The van der Waals surface area contributed by atoms with Gasteiger partial charge in [0, 0.05) is 12.6 Å². The van der Waals surface area contributed by atoms with E-state index in [2.05, 4.69) is 20.3 Å². The summed E-state index contributed by atoms with van der Waals surface area (Å²) in [5.41, 5.74) is 1.26. The molecule has 100 valence electrons. The Morgan fingerprint density at radius 1 is 1.47 bits per heavy atom. The molecule has 3 rings (SSSR count). The number of hydrogen-bond acceptors (Lipinski definition) is 7. The lowest BCUT2D eigenvalue weighted by molar-refractivity contribution is -0.383. The van der Waals surface area contributed by atoms with Crippen molar-refractivity contribution in [3.05, 3.63) is 22.2 Å². The zero-order valence-corrected chi connectivity index (χ0v) is 10.9. The van der Waals surface area contributed by atoms with Gasteiger partial charge in [-0.1, -0.05) is 0 Å². The van der Waals surface area contributed by atoms with Crippen LogP contribution in [0.25, 0.3) is 11.0 Å². The van der Waals surface area contributed by atoms with E-state index in [-0.39, 0.29) is 11.2 Å². The second-order valence-corrected chi connectivity index (χ2v) is 5.61. The first-order chi connectivity index (χ1) is 9.25. The smallest absolute Gasteiger partial charge is 0.300 e. The Morgan fingerprint density at radius 2 is 2.32 bits per heavy atom. The molecule has 0 aliphatic carbocycles. The number of anilines is 1. The number of nitro benzene ring substituents is 1. The highest BCUT2D eigenvalue weighted by atomic mass is 32.2. The van der Waals surface area contributed by atoms with E-state index in [0.29, 0.717) is 11.4 Å². The van der Waals surface area contributed by atoms with Gasteiger partial charge in [0.1, 0.15) is 0 Å². The quantitative estimate of drug-likeness (QED) is 0.678. The maximum absolute atomic E-state index is 10.9. The lowest BCUT2D eigenvalue weighted by Gasteiger charge is -2.10. The summed E-state index contributed by atoms with van der Waals surface area (Å²) < 4.78 is 4.62. The van der Waals surface area contributed by atoms with Crippen LogP contribution in [-0.2, 0) is 0 Å². The molecule has 0 saturated carbocycles. The largest absolute Gasteiger partial charge is 0.383 e. The van der Waals surface area contributed by atoms with Crippen LogP contribution in [0.3, 0.4) is 0 Å². The van der Waals surface area contributed by atoms with Crippen molar-refractivity contribution < 1.29 is 9.55 Å². The van der Waals surface area contributed by atoms with Crippen molar-refractivity contribution in [2.45, 2.75) is 6.42 Å². The molecule has 1 saturated heterocycles. The van der Waals surface area contributed by atoms with Gasteiger partial charge in [-0.25, -0.2) is 4.63 Å². The summed E-state index contributed by atoms with van der Waals surface area (Å²) in [6.45, 7) is 0.840. The molecule has 1 aromatic heterocycles. The van der Waals surface area contributed by atoms with Crippen LogP contribution in [0.4, 0.5) is 11.4 Å². The van der Waals surface area contributed by atoms with Gasteiger partial charge in [0.05, 0.1) is 10.6 Å². The molecule has 0 amide bonds. The molecule has 1 N–H and O–H groups in total. The SMILES string of the molecule is O=[N+]([O-])c1ccc(NCC2CCSC2)c2nonc12. The number of nitro groups is 1. The number of rotatable bonds is 4. The molecule has 0 bridgehead atoms. The lowest BCUT2D eigenvalue weighted by atomic mass is 10.1. The number of benzene rings is 1. The zero-order chi connectivity index (χ0) is 13.2. The molecule has 1 unspecified atom stereocenters. The highest BCUT2D eigenvalue weighted by Crippen LogP contribution is 2.30. The van der Waals surface area contributed by atoms with Crippen LogP contribution in [0.5, 0.6) is 0 Å². The minimum atomic E-state index is -0.482. The van der Waals surface area contributed by atoms with E-state index in [1.807, 2.05) is 11.8 Å². The molecular formula is C11H12N4O3S. The minimum Gasteiger partial charge on any atom is -0.383 e. The normalized spacial score (nSPS) is 18.8. The number of aromatic nitrogens is 2. The maximum atomic E-state index is 10.9. The van der Waals surface area contributed by atoms with Crippen LogP contribution in [-0.4, -0.2) is 33.3 Å². The van der Waals surface area contributed by atoms with Crippen molar-refractivity contribution >= 4 is 34.2 Å². The Hall–Kier alpha value is -1.83. The topological polar surface area (TPSA) is 94.1 Å². The van der Waals surface area contributed by atoms with Crippen LogP contribution in [0.1, 0.15) is 6.42 Å². The Labute approximate surface area is 112 Å². The Balaban J connectivity index is 1.85. The van der Waals surface area contributed by atoms with Gasteiger partial charge in [-0.3, -0.25) is 10.1 Å². The van der Waals surface area contributed by atoms with Crippen LogP contribution >= 0.6 is 11.8 Å². The van der Waals surface area contributed by atoms with Crippen molar-refractivity contribution in [3.8, 4) is 0 Å². The van der Waals surface area contributed by atoms with E-state index in [1.165, 1.54) is 18.2 Å². The molecule has 2 heterocycles. The first-order valence-electron chi connectivity index (χ1n) is 5.97. The maximum Gasteiger partial charge on any atom is 0.300 e. The average molecular weight is 280 g/mol. The highest BCUT2D eigenvalue weighted by Gasteiger charge is 2.20. The van der Waals surface area contributed by atoms with Crippen LogP contribution < -0.4 is 5.32 Å². The second-order valence-electron chi connectivity index (χ2n) is 4.46. The highest BCUT2D eigenvalue weighted by molar-refractivity contribution is 7.99.